The Balaban J connectivity index is 1.83. The summed E-state index contributed by atoms with van der Waals surface area (Å²) >= 11 is 0. The van der Waals surface area contributed by atoms with Crippen LogP contribution in [0.3, 0.4) is 0 Å². The first kappa shape index (κ1) is 21.0. The van der Waals surface area contributed by atoms with E-state index in [4.69, 9.17) is 4.74 Å². The first-order valence-electron chi connectivity index (χ1n) is 9.33. The van der Waals surface area contributed by atoms with Crippen LogP contribution < -0.4 is 4.74 Å². The molecular formula is C21H26O6S. The van der Waals surface area contributed by atoms with Crippen molar-refractivity contribution in [3.63, 3.8) is 0 Å². The lowest BCUT2D eigenvalue weighted by atomic mass is 10.0. The molecule has 0 amide bonds. The molecule has 0 radical (unpaired) electrons. The number of aliphatic hydroxyl groups is 4. The highest BCUT2D eigenvalue weighted by atomic mass is 32.2. The summed E-state index contributed by atoms with van der Waals surface area (Å²) in [6.45, 7) is 1.52. The highest BCUT2D eigenvalue weighted by Gasteiger charge is 2.49. The fourth-order valence-corrected chi connectivity index (χ4v) is 4.89. The molecule has 1 saturated heterocycles. The van der Waals surface area contributed by atoms with Crippen molar-refractivity contribution < 1.29 is 29.4 Å². The zero-order chi connectivity index (χ0) is 20.3. The average Bonchev–Trinajstić information content (AvgIpc) is 2.72. The first-order chi connectivity index (χ1) is 13.5. The largest absolute Gasteiger partial charge is 0.474 e. The van der Waals surface area contributed by atoms with E-state index in [0.29, 0.717) is 12.2 Å². The molecule has 1 fully saturated rings. The molecule has 0 aromatic heterocycles. The Kier molecular flexibility index (Phi) is 6.85. The lowest BCUT2D eigenvalue weighted by Gasteiger charge is -2.39. The van der Waals surface area contributed by atoms with E-state index in [9.17, 15) is 24.6 Å². The van der Waals surface area contributed by atoms with E-state index in [-0.39, 0.29) is 0 Å². The second-order valence-corrected chi connectivity index (χ2v) is 8.69. The van der Waals surface area contributed by atoms with Crippen molar-refractivity contribution in [2.45, 2.75) is 48.8 Å². The summed E-state index contributed by atoms with van der Waals surface area (Å²) in [4.78, 5) is 0. The number of rotatable bonds is 6. The van der Waals surface area contributed by atoms with Crippen LogP contribution >= 0.6 is 0 Å². The first-order valence-corrected chi connectivity index (χ1v) is 10.6. The third-order valence-electron chi connectivity index (χ3n) is 5.11. The van der Waals surface area contributed by atoms with Gasteiger partial charge in [0.2, 0.25) is 5.44 Å². The number of aryl methyl sites for hydroxylation is 1. The summed E-state index contributed by atoms with van der Waals surface area (Å²) in [6.07, 6.45) is -3.01. The number of aliphatic hydroxyl groups excluding tert-OH is 4. The fraction of sp³-hybridized carbons (Fsp3) is 0.429. The Morgan fingerprint density at radius 3 is 2.21 bits per heavy atom. The minimum Gasteiger partial charge on any atom is -0.474 e. The molecule has 2 aromatic rings. The Morgan fingerprint density at radius 1 is 0.929 bits per heavy atom. The molecule has 0 bridgehead atoms. The minimum atomic E-state index is -1.89. The molecule has 1 aliphatic rings. The predicted molar refractivity (Wildman–Crippen MR) is 107 cm³/mol. The number of para-hydroxylation sites is 1. The van der Waals surface area contributed by atoms with E-state index in [2.05, 4.69) is 19.1 Å². The van der Waals surface area contributed by atoms with Crippen LogP contribution in [0.1, 0.15) is 23.6 Å². The molecule has 0 aliphatic carbocycles. The molecule has 6 atom stereocenters. The summed E-state index contributed by atoms with van der Waals surface area (Å²) in [5.74, 6) is 0.444. The van der Waals surface area contributed by atoms with E-state index in [1.54, 1.807) is 12.1 Å². The Morgan fingerprint density at radius 2 is 1.57 bits per heavy atom. The Hall–Kier alpha value is -1.77. The van der Waals surface area contributed by atoms with Gasteiger partial charge in [0.15, 0.2) is 0 Å². The molecule has 4 N–H and O–H groups in total. The third kappa shape index (κ3) is 4.29. The average molecular weight is 407 g/mol. The van der Waals surface area contributed by atoms with Crippen LogP contribution in [0.15, 0.2) is 48.5 Å². The van der Waals surface area contributed by atoms with Crippen LogP contribution in [0.2, 0.25) is 0 Å². The molecule has 0 saturated carbocycles. The number of hydrogen-bond donors (Lipinski definition) is 4. The summed E-state index contributed by atoms with van der Waals surface area (Å²) < 4.78 is 18.5. The molecule has 0 spiro atoms. The SMILES string of the molecule is CCc1ccc(Cc2ccccc2O[C@H]2[C@H](O)[C@@H](O)[C@H](O)[C@@H](CO)S2=O)cc1. The zero-order valence-corrected chi connectivity index (χ0v) is 16.5. The summed E-state index contributed by atoms with van der Waals surface area (Å²) in [7, 11) is -1.89. The van der Waals surface area contributed by atoms with E-state index >= 15 is 0 Å². The molecular weight excluding hydrogens is 380 g/mol. The lowest BCUT2D eigenvalue weighted by molar-refractivity contribution is -0.0933. The molecule has 2 aromatic carbocycles. The molecule has 6 nitrogen and oxygen atoms in total. The van der Waals surface area contributed by atoms with Gasteiger partial charge in [-0.25, -0.2) is 0 Å². The number of hydrogen-bond acceptors (Lipinski definition) is 6. The standard InChI is InChI=1S/C21H26O6S/c1-2-13-7-9-14(10-8-13)11-15-5-3-4-6-16(15)27-21-20(25)19(24)18(23)17(12-22)28(21)26/h3-10,17-25H,2,11-12H2,1H3/t17-,18-,19+,20-,21-,28?/m1/s1. The van der Waals surface area contributed by atoms with Crippen molar-refractivity contribution in [1.29, 1.82) is 0 Å². The van der Waals surface area contributed by atoms with Crippen LogP contribution in [0.5, 0.6) is 5.75 Å². The molecule has 28 heavy (non-hydrogen) atoms. The van der Waals surface area contributed by atoms with E-state index in [1.807, 2.05) is 24.3 Å². The van der Waals surface area contributed by atoms with Crippen LogP contribution in [0, 0.1) is 0 Å². The van der Waals surface area contributed by atoms with Crippen LogP contribution in [0.4, 0.5) is 0 Å². The predicted octanol–water partition coefficient (Wildman–Crippen LogP) is 0.751. The maximum absolute atomic E-state index is 12.7. The van der Waals surface area contributed by atoms with Gasteiger partial charge >= 0.3 is 0 Å². The zero-order valence-electron chi connectivity index (χ0n) is 15.6. The molecule has 1 unspecified atom stereocenters. The van der Waals surface area contributed by atoms with E-state index < -0.39 is 46.4 Å². The second-order valence-electron chi connectivity index (χ2n) is 6.96. The minimum absolute atomic E-state index is 0.444. The van der Waals surface area contributed by atoms with Gasteiger partial charge in [-0.2, -0.15) is 0 Å². The Bertz CT molecular complexity index is 809. The van der Waals surface area contributed by atoms with Gasteiger partial charge in [0.25, 0.3) is 0 Å². The van der Waals surface area contributed by atoms with Crippen molar-refractivity contribution >= 4 is 10.8 Å². The summed E-state index contributed by atoms with van der Waals surface area (Å²) in [6, 6.07) is 15.5. The normalized spacial score (nSPS) is 30.2. The van der Waals surface area contributed by atoms with Crippen LogP contribution in [-0.4, -0.2) is 60.2 Å². The van der Waals surface area contributed by atoms with Gasteiger partial charge in [0, 0.05) is 6.42 Å². The molecule has 3 rings (SSSR count). The second kappa shape index (κ2) is 9.15. The van der Waals surface area contributed by atoms with Gasteiger partial charge in [-0.1, -0.05) is 49.4 Å². The number of ether oxygens (including phenoxy) is 1. The van der Waals surface area contributed by atoms with Gasteiger partial charge < -0.3 is 25.2 Å². The van der Waals surface area contributed by atoms with Gasteiger partial charge in [-0.15, -0.1) is 0 Å². The summed E-state index contributed by atoms with van der Waals surface area (Å²) in [5, 5.41) is 38.6. The van der Waals surface area contributed by atoms with Crippen LogP contribution in [0.25, 0.3) is 0 Å². The fourth-order valence-electron chi connectivity index (χ4n) is 3.33. The maximum atomic E-state index is 12.7. The van der Waals surface area contributed by atoms with Crippen molar-refractivity contribution in [3.05, 3.63) is 65.2 Å². The van der Waals surface area contributed by atoms with Gasteiger partial charge in [-0.05, 0) is 29.2 Å². The van der Waals surface area contributed by atoms with E-state index in [1.165, 1.54) is 5.56 Å². The van der Waals surface area contributed by atoms with Crippen LogP contribution in [-0.2, 0) is 23.6 Å². The van der Waals surface area contributed by atoms with Crippen molar-refractivity contribution in [3.8, 4) is 5.75 Å². The highest BCUT2D eigenvalue weighted by Crippen LogP contribution is 2.29. The smallest absolute Gasteiger partial charge is 0.201 e. The van der Waals surface area contributed by atoms with Crippen molar-refractivity contribution in [2.75, 3.05) is 6.61 Å². The molecule has 7 heteroatoms. The third-order valence-corrected chi connectivity index (χ3v) is 6.97. The monoisotopic (exact) mass is 406 g/mol. The topological polar surface area (TPSA) is 107 Å². The van der Waals surface area contributed by atoms with E-state index in [0.717, 1.165) is 17.5 Å². The van der Waals surface area contributed by atoms with Gasteiger partial charge in [0.05, 0.1) is 28.8 Å². The van der Waals surface area contributed by atoms with Gasteiger partial charge in [-0.3, -0.25) is 4.21 Å². The van der Waals surface area contributed by atoms with Crippen molar-refractivity contribution in [2.24, 2.45) is 0 Å². The Labute approximate surface area is 166 Å². The maximum Gasteiger partial charge on any atom is 0.201 e. The van der Waals surface area contributed by atoms with Crippen molar-refractivity contribution in [1.82, 2.24) is 0 Å². The molecule has 152 valence electrons. The highest BCUT2D eigenvalue weighted by molar-refractivity contribution is 7.86. The lowest BCUT2D eigenvalue weighted by Crippen LogP contribution is -2.61. The number of benzene rings is 2. The molecule has 1 heterocycles. The summed E-state index contributed by atoms with van der Waals surface area (Å²) in [5.41, 5.74) is 1.93. The molecule has 1 aliphatic heterocycles. The van der Waals surface area contributed by atoms with Gasteiger partial charge in [0.1, 0.15) is 18.0 Å². The quantitative estimate of drug-likeness (QED) is 0.564.